The lowest BCUT2D eigenvalue weighted by molar-refractivity contribution is 0.174. The Labute approximate surface area is 123 Å². The van der Waals surface area contributed by atoms with Crippen LogP contribution in [0.3, 0.4) is 0 Å². The molecule has 2 aromatic rings. The van der Waals surface area contributed by atoms with E-state index in [2.05, 4.69) is 37.9 Å². The molecule has 0 bridgehead atoms. The fraction of sp³-hybridized carbons (Fsp3) is 0.312. The number of fused-ring (bicyclic) bond motifs is 1. The van der Waals surface area contributed by atoms with Crippen molar-refractivity contribution in [3.8, 4) is 22.6 Å². The molecule has 104 valence electrons. The Morgan fingerprint density at radius 3 is 2.70 bits per heavy atom. The molecule has 0 saturated carbocycles. The van der Waals surface area contributed by atoms with E-state index in [0.29, 0.717) is 6.79 Å². The minimum absolute atomic E-state index is 0.159. The maximum absolute atomic E-state index is 5.45. The topological polar surface area (TPSA) is 31.4 Å². The molecule has 0 unspecified atom stereocenters. The normalized spacial score (nSPS) is 13.6. The summed E-state index contributed by atoms with van der Waals surface area (Å²) in [6, 6.07) is 8.09. The molecule has 3 rings (SSSR count). The van der Waals surface area contributed by atoms with Crippen LogP contribution in [0, 0.1) is 0 Å². The van der Waals surface area contributed by atoms with Crippen molar-refractivity contribution in [2.75, 3.05) is 6.79 Å². The second-order valence-corrected chi connectivity index (χ2v) is 7.52. The Balaban J connectivity index is 2.02. The number of aromatic nitrogens is 1. The third-order valence-corrected chi connectivity index (χ3v) is 4.07. The Kier molecular flexibility index (Phi) is 3.34. The first kappa shape index (κ1) is 13.3. The number of nitrogens with zero attached hydrogens (tertiary/aromatic N) is 1. The van der Waals surface area contributed by atoms with Crippen LogP contribution in [0.15, 0.2) is 41.6 Å². The van der Waals surface area contributed by atoms with Crippen LogP contribution in [0.4, 0.5) is 0 Å². The van der Waals surface area contributed by atoms with E-state index in [1.54, 1.807) is 0 Å². The van der Waals surface area contributed by atoms with Crippen LogP contribution >= 0.6 is 11.8 Å². The van der Waals surface area contributed by atoms with Gasteiger partial charge < -0.3 is 9.47 Å². The predicted molar refractivity (Wildman–Crippen MR) is 81.4 cm³/mol. The number of thioether (sulfide) groups is 1. The van der Waals surface area contributed by atoms with E-state index in [9.17, 15) is 0 Å². The molecule has 2 heterocycles. The summed E-state index contributed by atoms with van der Waals surface area (Å²) in [5.74, 6) is 1.61. The van der Waals surface area contributed by atoms with Crippen LogP contribution in [0.2, 0.25) is 0 Å². The molecule has 1 aromatic carbocycles. The molecule has 1 aliphatic heterocycles. The highest BCUT2D eigenvalue weighted by Crippen LogP contribution is 2.41. The molecule has 0 fully saturated rings. The van der Waals surface area contributed by atoms with Gasteiger partial charge in [0.1, 0.15) is 0 Å². The summed E-state index contributed by atoms with van der Waals surface area (Å²) >= 11 is 1.84. The van der Waals surface area contributed by atoms with Crippen molar-refractivity contribution < 1.29 is 9.47 Å². The first-order valence-electron chi connectivity index (χ1n) is 6.56. The summed E-state index contributed by atoms with van der Waals surface area (Å²) < 4.78 is 11.0. The molecule has 0 atom stereocenters. The van der Waals surface area contributed by atoms with E-state index in [1.807, 2.05) is 36.3 Å². The number of ether oxygens (including phenoxy) is 2. The average Bonchev–Trinajstić information content (AvgIpc) is 2.84. The van der Waals surface area contributed by atoms with Crippen molar-refractivity contribution >= 4 is 11.8 Å². The molecule has 3 nitrogen and oxygen atoms in total. The summed E-state index contributed by atoms with van der Waals surface area (Å²) in [5, 5.41) is 0. The van der Waals surface area contributed by atoms with E-state index >= 15 is 0 Å². The zero-order valence-electron chi connectivity index (χ0n) is 11.8. The summed E-state index contributed by atoms with van der Waals surface area (Å²) in [5.41, 5.74) is 2.24. The van der Waals surface area contributed by atoms with Crippen molar-refractivity contribution in [2.24, 2.45) is 0 Å². The van der Waals surface area contributed by atoms with Gasteiger partial charge in [0.25, 0.3) is 0 Å². The minimum Gasteiger partial charge on any atom is -0.454 e. The van der Waals surface area contributed by atoms with Crippen LogP contribution in [-0.4, -0.2) is 16.5 Å². The second kappa shape index (κ2) is 5.02. The van der Waals surface area contributed by atoms with Gasteiger partial charge >= 0.3 is 0 Å². The van der Waals surface area contributed by atoms with Gasteiger partial charge in [-0.1, -0.05) is 26.8 Å². The van der Waals surface area contributed by atoms with Gasteiger partial charge in [-0.3, -0.25) is 4.98 Å². The summed E-state index contributed by atoms with van der Waals surface area (Å²) in [7, 11) is 0. The highest BCUT2D eigenvalue weighted by Gasteiger charge is 2.18. The molecule has 0 saturated heterocycles. The Bertz CT molecular complexity index is 635. The van der Waals surface area contributed by atoms with Crippen molar-refractivity contribution in [2.45, 2.75) is 30.4 Å². The number of benzene rings is 1. The maximum Gasteiger partial charge on any atom is 0.231 e. The van der Waals surface area contributed by atoms with Crippen LogP contribution in [0.5, 0.6) is 11.5 Å². The molecule has 20 heavy (non-hydrogen) atoms. The maximum atomic E-state index is 5.45. The van der Waals surface area contributed by atoms with Gasteiger partial charge in [0.15, 0.2) is 11.5 Å². The third kappa shape index (κ3) is 2.75. The number of rotatable bonds is 2. The van der Waals surface area contributed by atoms with Gasteiger partial charge in [-0.25, -0.2) is 0 Å². The molecule has 0 amide bonds. The summed E-state index contributed by atoms with van der Waals surface area (Å²) in [6.45, 7) is 6.93. The van der Waals surface area contributed by atoms with Gasteiger partial charge in [-0.05, 0) is 23.8 Å². The lowest BCUT2D eigenvalue weighted by Gasteiger charge is -2.19. The highest BCUT2D eigenvalue weighted by molar-refractivity contribution is 8.00. The van der Waals surface area contributed by atoms with Crippen LogP contribution in [0.1, 0.15) is 20.8 Å². The summed E-state index contributed by atoms with van der Waals surface area (Å²) in [6.07, 6.45) is 3.75. The van der Waals surface area contributed by atoms with Gasteiger partial charge in [0.2, 0.25) is 6.79 Å². The first-order chi connectivity index (χ1) is 9.53. The van der Waals surface area contributed by atoms with Crippen molar-refractivity contribution in [3.05, 3.63) is 36.7 Å². The smallest absolute Gasteiger partial charge is 0.231 e. The monoisotopic (exact) mass is 287 g/mol. The molecular weight excluding hydrogens is 270 g/mol. The average molecular weight is 287 g/mol. The Hall–Kier alpha value is -1.68. The lowest BCUT2D eigenvalue weighted by Crippen LogP contribution is -2.07. The molecule has 0 spiro atoms. The van der Waals surface area contributed by atoms with Crippen molar-refractivity contribution in [3.63, 3.8) is 0 Å². The Morgan fingerprint density at radius 1 is 1.10 bits per heavy atom. The molecular formula is C16H17NO2S. The van der Waals surface area contributed by atoms with Gasteiger partial charge in [0, 0.05) is 27.6 Å². The van der Waals surface area contributed by atoms with E-state index in [4.69, 9.17) is 9.47 Å². The SMILES string of the molecule is CC(C)(C)Sc1ccncc1-c1ccc2c(c1)OCO2. The zero-order valence-corrected chi connectivity index (χ0v) is 12.7. The molecule has 0 aliphatic carbocycles. The predicted octanol–water partition coefficient (Wildman–Crippen LogP) is 4.37. The van der Waals surface area contributed by atoms with Gasteiger partial charge in [-0.2, -0.15) is 0 Å². The quantitative estimate of drug-likeness (QED) is 0.768. The number of hydrogen-bond acceptors (Lipinski definition) is 4. The fourth-order valence-corrected chi connectivity index (χ4v) is 3.15. The molecule has 4 heteroatoms. The molecule has 1 aromatic heterocycles. The summed E-state index contributed by atoms with van der Waals surface area (Å²) in [4.78, 5) is 5.49. The first-order valence-corrected chi connectivity index (χ1v) is 7.38. The minimum atomic E-state index is 0.159. The molecule has 0 radical (unpaired) electrons. The fourth-order valence-electron chi connectivity index (χ4n) is 2.08. The molecule has 0 N–H and O–H groups in total. The van der Waals surface area contributed by atoms with Crippen LogP contribution < -0.4 is 9.47 Å². The van der Waals surface area contributed by atoms with Crippen molar-refractivity contribution in [1.29, 1.82) is 0 Å². The van der Waals surface area contributed by atoms with Gasteiger partial charge in [-0.15, -0.1) is 11.8 Å². The standard InChI is InChI=1S/C16H17NO2S/c1-16(2,3)20-15-6-7-17-9-12(15)11-4-5-13-14(8-11)19-10-18-13/h4-9H,10H2,1-3H3. The third-order valence-electron chi connectivity index (χ3n) is 2.88. The molecule has 1 aliphatic rings. The van der Waals surface area contributed by atoms with Gasteiger partial charge in [0.05, 0.1) is 0 Å². The number of hydrogen-bond donors (Lipinski definition) is 0. The van der Waals surface area contributed by atoms with E-state index in [1.165, 1.54) is 4.90 Å². The van der Waals surface area contributed by atoms with E-state index < -0.39 is 0 Å². The zero-order chi connectivity index (χ0) is 14.2. The second-order valence-electron chi connectivity index (χ2n) is 5.65. The highest BCUT2D eigenvalue weighted by atomic mass is 32.2. The largest absolute Gasteiger partial charge is 0.454 e. The Morgan fingerprint density at radius 2 is 1.90 bits per heavy atom. The van der Waals surface area contributed by atoms with E-state index in [0.717, 1.165) is 22.6 Å². The van der Waals surface area contributed by atoms with E-state index in [-0.39, 0.29) is 4.75 Å². The van der Waals surface area contributed by atoms with Crippen molar-refractivity contribution in [1.82, 2.24) is 4.98 Å². The van der Waals surface area contributed by atoms with Crippen LogP contribution in [-0.2, 0) is 0 Å². The lowest BCUT2D eigenvalue weighted by atomic mass is 10.1. The number of pyridine rings is 1. The van der Waals surface area contributed by atoms with Crippen LogP contribution in [0.25, 0.3) is 11.1 Å².